The Balaban J connectivity index is 1.66. The van der Waals surface area contributed by atoms with Crippen LogP contribution >= 0.6 is 0 Å². The third-order valence-corrected chi connectivity index (χ3v) is 7.69. The van der Waals surface area contributed by atoms with Gasteiger partial charge in [0.05, 0.1) is 30.6 Å². The second kappa shape index (κ2) is 13.9. The molecule has 0 unspecified atom stereocenters. The van der Waals surface area contributed by atoms with E-state index in [1.807, 2.05) is 0 Å². The number of esters is 1. The quantitative estimate of drug-likeness (QED) is 0.153. The molecule has 0 aliphatic carbocycles. The molecule has 3 amide bonds. The number of anilines is 1. The molecule has 0 saturated carbocycles. The molecule has 0 bridgehead atoms. The van der Waals surface area contributed by atoms with E-state index in [9.17, 15) is 36.7 Å². The van der Waals surface area contributed by atoms with Crippen LogP contribution in [-0.4, -0.2) is 53.2 Å². The highest BCUT2D eigenvalue weighted by Gasteiger charge is 2.46. The summed E-state index contributed by atoms with van der Waals surface area (Å²) < 4.78 is 60.6. The van der Waals surface area contributed by atoms with Crippen molar-refractivity contribution in [2.75, 3.05) is 18.6 Å². The summed E-state index contributed by atoms with van der Waals surface area (Å²) in [4.78, 5) is 53.3. The third-order valence-electron chi connectivity index (χ3n) is 7.69. The van der Waals surface area contributed by atoms with E-state index in [0.717, 1.165) is 31.4 Å². The fourth-order valence-corrected chi connectivity index (χ4v) is 5.49. The van der Waals surface area contributed by atoms with Crippen molar-refractivity contribution < 1.29 is 41.5 Å². The number of para-hydroxylation sites is 1. The average Bonchev–Trinajstić information content (AvgIpc) is 3.45. The predicted molar refractivity (Wildman–Crippen MR) is 166 cm³/mol. The monoisotopic (exact) mass is 663 g/mol. The molecule has 0 fully saturated rings. The lowest BCUT2D eigenvalue weighted by Gasteiger charge is -2.38. The normalized spacial score (nSPS) is 16.0. The van der Waals surface area contributed by atoms with Crippen LogP contribution in [0.3, 0.4) is 0 Å². The fraction of sp³-hybridized carbons (Fsp3) is 0.206. The van der Waals surface area contributed by atoms with Crippen LogP contribution < -0.4 is 15.5 Å². The molecule has 1 aromatic heterocycles. The molecule has 3 aromatic carbocycles. The van der Waals surface area contributed by atoms with Crippen molar-refractivity contribution in [3.63, 3.8) is 0 Å². The van der Waals surface area contributed by atoms with Crippen LogP contribution in [0.4, 0.5) is 23.4 Å². The van der Waals surface area contributed by atoms with Crippen LogP contribution in [0.25, 0.3) is 5.69 Å². The Hall–Kier alpha value is -5.79. The van der Waals surface area contributed by atoms with Gasteiger partial charge >= 0.3 is 12.1 Å². The Kier molecular flexibility index (Phi) is 9.73. The highest BCUT2D eigenvalue weighted by atomic mass is 19.4. The van der Waals surface area contributed by atoms with Gasteiger partial charge in [-0.1, -0.05) is 36.4 Å². The minimum absolute atomic E-state index is 0.101. The maximum Gasteiger partial charge on any atom is 0.416 e. The van der Waals surface area contributed by atoms with E-state index < -0.39 is 53.2 Å². The van der Waals surface area contributed by atoms with Crippen molar-refractivity contribution in [3.05, 3.63) is 125 Å². The van der Waals surface area contributed by atoms with E-state index in [1.165, 1.54) is 39.9 Å². The fourth-order valence-electron chi connectivity index (χ4n) is 5.49. The molecule has 0 spiro atoms. The summed E-state index contributed by atoms with van der Waals surface area (Å²) in [7, 11) is 1.16. The Morgan fingerprint density at radius 2 is 1.69 bits per heavy atom. The summed E-state index contributed by atoms with van der Waals surface area (Å²) in [6.45, 7) is 1.60. The number of nitrogens with zero attached hydrogens (tertiary/aromatic N) is 3. The zero-order valence-electron chi connectivity index (χ0n) is 25.6. The van der Waals surface area contributed by atoms with Crippen molar-refractivity contribution in [3.8, 4) is 5.69 Å². The maximum atomic E-state index is 14.3. The molecular weight excluding hydrogens is 634 g/mol. The zero-order chi connectivity index (χ0) is 34.6. The van der Waals surface area contributed by atoms with Gasteiger partial charge in [0.2, 0.25) is 5.91 Å². The lowest BCUT2D eigenvalue weighted by atomic mass is 9.80. The molecule has 4 aromatic rings. The number of hydrogen-bond acceptors (Lipinski definition) is 6. The number of aromatic nitrogens is 2. The van der Waals surface area contributed by atoms with Crippen LogP contribution in [0, 0.1) is 5.82 Å². The molecule has 0 saturated heterocycles. The summed E-state index contributed by atoms with van der Waals surface area (Å²) in [5.74, 6) is -4.20. The molecule has 5 rings (SSSR count). The first-order valence-electron chi connectivity index (χ1n) is 14.7. The van der Waals surface area contributed by atoms with E-state index in [2.05, 4.69) is 15.4 Å². The minimum atomic E-state index is -4.71. The number of rotatable bonds is 9. The van der Waals surface area contributed by atoms with Gasteiger partial charge in [-0.05, 0) is 55.0 Å². The van der Waals surface area contributed by atoms with Gasteiger partial charge in [-0.25, -0.2) is 13.9 Å². The number of methoxy groups -OCH3 is 1. The molecule has 1 aliphatic heterocycles. The Bertz CT molecular complexity index is 1870. The number of alkyl halides is 3. The van der Waals surface area contributed by atoms with Gasteiger partial charge in [-0.15, -0.1) is 0 Å². The van der Waals surface area contributed by atoms with Gasteiger partial charge in [0, 0.05) is 35.7 Å². The number of carbonyl (C=O) groups is 4. The summed E-state index contributed by atoms with van der Waals surface area (Å²) in [5.41, 5.74) is 0.260. The first kappa shape index (κ1) is 33.6. The van der Waals surface area contributed by atoms with Crippen LogP contribution in [0.15, 0.2) is 91.0 Å². The number of likely N-dealkylation sites (N-methyl/N-ethyl adjacent to an activating group) is 1. The number of halogens is 4. The molecule has 2 heterocycles. The summed E-state index contributed by atoms with van der Waals surface area (Å²) >= 11 is 0. The van der Waals surface area contributed by atoms with Crippen molar-refractivity contribution >= 4 is 29.5 Å². The van der Waals surface area contributed by atoms with Crippen molar-refractivity contribution in [1.82, 2.24) is 20.4 Å². The van der Waals surface area contributed by atoms with E-state index in [4.69, 9.17) is 5.10 Å². The van der Waals surface area contributed by atoms with E-state index >= 15 is 0 Å². The van der Waals surface area contributed by atoms with Gasteiger partial charge in [0.25, 0.3) is 11.8 Å². The lowest BCUT2D eigenvalue weighted by Crippen LogP contribution is -2.55. The number of carbonyl (C=O) groups excluding carboxylic acids is 4. The number of nitrogens with one attached hydrogen (secondary N) is 2. The molecule has 14 heteroatoms. The number of amides is 3. The smallest absolute Gasteiger partial charge is 0.416 e. The van der Waals surface area contributed by atoms with E-state index in [0.29, 0.717) is 28.7 Å². The minimum Gasteiger partial charge on any atom is -0.466 e. The van der Waals surface area contributed by atoms with Crippen LogP contribution in [0.2, 0.25) is 0 Å². The van der Waals surface area contributed by atoms with Crippen LogP contribution in [0.5, 0.6) is 0 Å². The molecule has 10 nitrogen and oxygen atoms in total. The van der Waals surface area contributed by atoms with Crippen molar-refractivity contribution in [2.24, 2.45) is 0 Å². The van der Waals surface area contributed by atoms with Gasteiger partial charge < -0.3 is 15.4 Å². The Morgan fingerprint density at radius 1 is 0.979 bits per heavy atom. The SMILES string of the molecule is CCN1C(=O)[C@@H](NC(=O)c2cccc(C(F)(F)F)c2)[C@@H](c2ccc(F)cc2)c2c(CNC(=O)/C=C/C(=O)OC)nn(-c3ccccc3)c21. The lowest BCUT2D eigenvalue weighted by molar-refractivity contribution is -0.137. The molecule has 0 radical (unpaired) electrons. The van der Waals surface area contributed by atoms with Gasteiger partial charge in [-0.2, -0.15) is 18.3 Å². The molecule has 2 N–H and O–H groups in total. The molecule has 248 valence electrons. The van der Waals surface area contributed by atoms with Gasteiger partial charge in [0.15, 0.2) is 0 Å². The van der Waals surface area contributed by atoms with E-state index in [-0.39, 0.29) is 24.3 Å². The average molecular weight is 664 g/mol. The first-order valence-corrected chi connectivity index (χ1v) is 14.7. The number of hydrogen-bond donors (Lipinski definition) is 2. The standard InChI is InChI=1S/C34H29F4N5O5/c1-3-42-32-29(25(19-39-26(44)16-17-27(45)48-2)41-43(32)24-10-5-4-6-11-24)28(20-12-14-23(35)15-13-20)30(33(42)47)40-31(46)21-8-7-9-22(18-21)34(36,37)38/h4-18,28,30H,3,19H2,1-2H3,(H,39,44)(H,40,46)/b17-16+/t28-,30-/m0/s1. The second-order valence-electron chi connectivity index (χ2n) is 10.6. The van der Waals surface area contributed by atoms with Gasteiger partial charge in [-0.3, -0.25) is 19.3 Å². The Morgan fingerprint density at radius 3 is 2.33 bits per heavy atom. The second-order valence-corrected chi connectivity index (χ2v) is 10.6. The number of benzene rings is 3. The maximum absolute atomic E-state index is 14.3. The van der Waals surface area contributed by atoms with Crippen LogP contribution in [-0.2, 0) is 31.8 Å². The Labute approximate surface area is 272 Å². The highest BCUT2D eigenvalue weighted by Crippen LogP contribution is 2.43. The zero-order valence-corrected chi connectivity index (χ0v) is 25.6. The van der Waals surface area contributed by atoms with Gasteiger partial charge in [0.1, 0.15) is 17.7 Å². The first-order chi connectivity index (χ1) is 22.9. The number of ether oxygens (including phenoxy) is 1. The highest BCUT2D eigenvalue weighted by molar-refractivity contribution is 6.05. The largest absolute Gasteiger partial charge is 0.466 e. The summed E-state index contributed by atoms with van der Waals surface area (Å²) in [6.07, 6.45) is -2.80. The third kappa shape index (κ3) is 6.97. The van der Waals surface area contributed by atoms with Crippen molar-refractivity contribution in [1.29, 1.82) is 0 Å². The topological polar surface area (TPSA) is 123 Å². The summed E-state index contributed by atoms with van der Waals surface area (Å²) in [6, 6.07) is 16.5. The predicted octanol–water partition coefficient (Wildman–Crippen LogP) is 4.67. The molecular formula is C34H29F4N5O5. The summed E-state index contributed by atoms with van der Waals surface area (Å²) in [5, 5.41) is 10.1. The van der Waals surface area contributed by atoms with Crippen LogP contribution in [0.1, 0.15) is 45.6 Å². The van der Waals surface area contributed by atoms with E-state index in [1.54, 1.807) is 37.3 Å². The number of fused-ring (bicyclic) bond motifs is 1. The van der Waals surface area contributed by atoms with Crippen molar-refractivity contribution in [2.45, 2.75) is 31.6 Å². The molecule has 1 aliphatic rings. The molecule has 2 atom stereocenters. The molecule has 48 heavy (non-hydrogen) atoms.